The SMILES string of the molecule is CC(=O)Nc1ccc(S(=O)(=O)NCc2ccco2)cc1Cl. The van der Waals surface area contributed by atoms with E-state index in [0.29, 0.717) is 11.4 Å². The van der Waals surface area contributed by atoms with Gasteiger partial charge >= 0.3 is 0 Å². The normalized spacial score (nSPS) is 11.3. The van der Waals surface area contributed by atoms with Crippen LogP contribution in [0.15, 0.2) is 45.9 Å². The van der Waals surface area contributed by atoms with Gasteiger partial charge in [-0.15, -0.1) is 0 Å². The Kier molecular flexibility index (Phi) is 4.66. The Hall–Kier alpha value is -1.83. The van der Waals surface area contributed by atoms with Gasteiger partial charge in [0, 0.05) is 6.92 Å². The van der Waals surface area contributed by atoms with Crippen molar-refractivity contribution in [2.45, 2.75) is 18.4 Å². The van der Waals surface area contributed by atoms with Crippen LogP contribution in [0.25, 0.3) is 0 Å². The van der Waals surface area contributed by atoms with Crippen molar-refractivity contribution in [2.24, 2.45) is 0 Å². The third-order valence-corrected chi connectivity index (χ3v) is 4.29. The lowest BCUT2D eigenvalue weighted by Crippen LogP contribution is -2.23. The lowest BCUT2D eigenvalue weighted by atomic mass is 10.3. The van der Waals surface area contributed by atoms with Gasteiger partial charge in [-0.2, -0.15) is 0 Å². The van der Waals surface area contributed by atoms with Gasteiger partial charge in [0.1, 0.15) is 5.76 Å². The molecule has 1 amide bonds. The van der Waals surface area contributed by atoms with E-state index >= 15 is 0 Å². The Bertz CT molecular complexity index is 742. The highest BCUT2D eigenvalue weighted by Crippen LogP contribution is 2.25. The molecule has 1 aromatic heterocycles. The Labute approximate surface area is 127 Å². The van der Waals surface area contributed by atoms with E-state index in [-0.39, 0.29) is 22.4 Å². The first kappa shape index (κ1) is 15.6. The van der Waals surface area contributed by atoms with Gasteiger partial charge in [0.25, 0.3) is 0 Å². The third kappa shape index (κ3) is 4.07. The first-order valence-corrected chi connectivity index (χ1v) is 7.84. The van der Waals surface area contributed by atoms with Gasteiger partial charge < -0.3 is 9.73 Å². The number of benzene rings is 1. The van der Waals surface area contributed by atoms with E-state index in [1.165, 1.54) is 31.4 Å². The quantitative estimate of drug-likeness (QED) is 0.882. The number of hydrogen-bond donors (Lipinski definition) is 2. The van der Waals surface area contributed by atoms with Crippen LogP contribution in [0, 0.1) is 0 Å². The maximum Gasteiger partial charge on any atom is 0.241 e. The summed E-state index contributed by atoms with van der Waals surface area (Å²) in [5.41, 5.74) is 0.356. The van der Waals surface area contributed by atoms with Crippen molar-refractivity contribution in [3.63, 3.8) is 0 Å². The van der Waals surface area contributed by atoms with Crippen molar-refractivity contribution in [1.29, 1.82) is 0 Å². The summed E-state index contributed by atoms with van der Waals surface area (Å²) in [6.45, 7) is 1.38. The highest BCUT2D eigenvalue weighted by Gasteiger charge is 2.16. The maximum absolute atomic E-state index is 12.1. The fourth-order valence-corrected chi connectivity index (χ4v) is 2.93. The maximum atomic E-state index is 12.1. The fourth-order valence-electron chi connectivity index (χ4n) is 1.62. The summed E-state index contributed by atoms with van der Waals surface area (Å²) in [6, 6.07) is 7.40. The number of nitrogens with one attached hydrogen (secondary N) is 2. The lowest BCUT2D eigenvalue weighted by molar-refractivity contribution is -0.114. The molecule has 0 spiro atoms. The number of carbonyl (C=O) groups excluding carboxylic acids is 1. The second kappa shape index (κ2) is 6.30. The van der Waals surface area contributed by atoms with Crippen LogP contribution in [-0.4, -0.2) is 14.3 Å². The molecule has 21 heavy (non-hydrogen) atoms. The summed E-state index contributed by atoms with van der Waals surface area (Å²) in [6.07, 6.45) is 1.46. The van der Waals surface area contributed by atoms with Crippen LogP contribution in [0.3, 0.4) is 0 Å². The second-order valence-electron chi connectivity index (χ2n) is 4.23. The third-order valence-electron chi connectivity index (χ3n) is 2.58. The molecule has 1 aromatic carbocycles. The number of anilines is 1. The molecular formula is C13H13ClN2O4S. The second-order valence-corrected chi connectivity index (χ2v) is 6.40. The van der Waals surface area contributed by atoms with E-state index < -0.39 is 10.0 Å². The van der Waals surface area contributed by atoms with Gasteiger partial charge in [-0.3, -0.25) is 4.79 Å². The molecule has 2 N–H and O–H groups in total. The molecule has 2 aromatic rings. The molecule has 112 valence electrons. The molecule has 0 bridgehead atoms. The van der Waals surface area contributed by atoms with E-state index in [0.717, 1.165) is 0 Å². The number of carbonyl (C=O) groups is 1. The Morgan fingerprint density at radius 3 is 2.67 bits per heavy atom. The van der Waals surface area contributed by atoms with Gasteiger partial charge in [0.15, 0.2) is 0 Å². The van der Waals surface area contributed by atoms with Crippen LogP contribution in [0.4, 0.5) is 5.69 Å². The number of halogens is 1. The van der Waals surface area contributed by atoms with Crippen LogP contribution in [0.1, 0.15) is 12.7 Å². The van der Waals surface area contributed by atoms with Crippen LogP contribution in [0.2, 0.25) is 5.02 Å². The molecule has 6 nitrogen and oxygen atoms in total. The van der Waals surface area contributed by atoms with Crippen LogP contribution in [0.5, 0.6) is 0 Å². The summed E-state index contributed by atoms with van der Waals surface area (Å²) in [5.74, 6) is 0.211. The van der Waals surface area contributed by atoms with Crippen LogP contribution in [-0.2, 0) is 21.4 Å². The minimum absolute atomic E-state index is 0.00755. The number of hydrogen-bond acceptors (Lipinski definition) is 4. The highest BCUT2D eigenvalue weighted by atomic mass is 35.5. The fraction of sp³-hybridized carbons (Fsp3) is 0.154. The van der Waals surface area contributed by atoms with Crippen molar-refractivity contribution in [1.82, 2.24) is 4.72 Å². The minimum atomic E-state index is -3.71. The van der Waals surface area contributed by atoms with Gasteiger partial charge in [-0.05, 0) is 30.3 Å². The van der Waals surface area contributed by atoms with Crippen molar-refractivity contribution in [2.75, 3.05) is 5.32 Å². The molecule has 0 aliphatic heterocycles. The summed E-state index contributed by atoms with van der Waals surface area (Å²) in [7, 11) is -3.71. The summed E-state index contributed by atoms with van der Waals surface area (Å²) in [5, 5.41) is 2.65. The largest absolute Gasteiger partial charge is 0.468 e. The number of sulfonamides is 1. The minimum Gasteiger partial charge on any atom is -0.468 e. The molecule has 0 radical (unpaired) electrons. The summed E-state index contributed by atoms with van der Waals surface area (Å²) >= 11 is 5.95. The molecule has 0 atom stereocenters. The van der Waals surface area contributed by atoms with Crippen LogP contribution >= 0.6 is 11.6 Å². The first-order valence-electron chi connectivity index (χ1n) is 5.97. The molecule has 2 rings (SSSR count). The molecule has 8 heteroatoms. The molecule has 0 aliphatic rings. The predicted octanol–water partition coefficient (Wildman–Crippen LogP) is 2.37. The average Bonchev–Trinajstić information content (AvgIpc) is 2.91. The van der Waals surface area contributed by atoms with Gasteiger partial charge in [0.2, 0.25) is 15.9 Å². The molecule has 0 fully saturated rings. The van der Waals surface area contributed by atoms with Gasteiger partial charge in [0.05, 0.1) is 28.4 Å². The molecule has 0 saturated carbocycles. The summed E-state index contributed by atoms with van der Waals surface area (Å²) in [4.78, 5) is 11.0. The van der Waals surface area contributed by atoms with Crippen molar-refractivity contribution < 1.29 is 17.6 Å². The topological polar surface area (TPSA) is 88.4 Å². The average molecular weight is 329 g/mol. The van der Waals surface area contributed by atoms with Crippen molar-refractivity contribution >= 4 is 33.2 Å². The standard InChI is InChI=1S/C13H13ClN2O4S/c1-9(17)16-13-5-4-11(7-12(13)14)21(18,19)15-8-10-3-2-6-20-10/h2-7,15H,8H2,1H3,(H,16,17). The van der Waals surface area contributed by atoms with E-state index in [2.05, 4.69) is 10.0 Å². The predicted molar refractivity (Wildman–Crippen MR) is 78.5 cm³/mol. The smallest absolute Gasteiger partial charge is 0.241 e. The lowest BCUT2D eigenvalue weighted by Gasteiger charge is -2.09. The molecule has 0 aliphatic carbocycles. The number of rotatable bonds is 5. The number of amides is 1. The first-order chi connectivity index (χ1) is 9.88. The van der Waals surface area contributed by atoms with Crippen molar-refractivity contribution in [3.05, 3.63) is 47.4 Å². The highest BCUT2D eigenvalue weighted by molar-refractivity contribution is 7.89. The Morgan fingerprint density at radius 2 is 2.10 bits per heavy atom. The van der Waals surface area contributed by atoms with Gasteiger partial charge in [-0.1, -0.05) is 11.6 Å². The van der Waals surface area contributed by atoms with E-state index in [4.69, 9.17) is 16.0 Å². The zero-order valence-corrected chi connectivity index (χ0v) is 12.7. The van der Waals surface area contributed by atoms with Crippen molar-refractivity contribution in [3.8, 4) is 0 Å². The Balaban J connectivity index is 2.16. The molecule has 0 unspecified atom stereocenters. The molecular weight excluding hydrogens is 316 g/mol. The van der Waals surface area contributed by atoms with E-state index in [1.807, 2.05) is 0 Å². The number of furan rings is 1. The molecule has 0 saturated heterocycles. The Morgan fingerprint density at radius 1 is 1.33 bits per heavy atom. The van der Waals surface area contributed by atoms with E-state index in [9.17, 15) is 13.2 Å². The van der Waals surface area contributed by atoms with E-state index in [1.54, 1.807) is 12.1 Å². The zero-order valence-electron chi connectivity index (χ0n) is 11.1. The zero-order chi connectivity index (χ0) is 15.5. The monoisotopic (exact) mass is 328 g/mol. The summed E-state index contributed by atoms with van der Waals surface area (Å²) < 4.78 is 31.7. The van der Waals surface area contributed by atoms with Gasteiger partial charge in [-0.25, -0.2) is 13.1 Å². The van der Waals surface area contributed by atoms with Crippen LogP contribution < -0.4 is 10.0 Å². The molecule has 1 heterocycles.